The molecule has 13 heteroatoms. The third-order valence-electron chi connectivity index (χ3n) is 9.99. The first-order chi connectivity index (χ1) is 25.6. The van der Waals surface area contributed by atoms with Crippen molar-refractivity contribution in [1.29, 1.82) is 0 Å². The highest BCUT2D eigenvalue weighted by molar-refractivity contribution is 5.95. The predicted molar refractivity (Wildman–Crippen MR) is 200 cm³/mol. The van der Waals surface area contributed by atoms with Crippen molar-refractivity contribution in [3.63, 3.8) is 0 Å². The number of hydrogen-bond acceptors (Lipinski definition) is 6. The molecular weight excluding hydrogens is 674 g/mol. The minimum atomic E-state index is -1.12. The van der Waals surface area contributed by atoms with Crippen molar-refractivity contribution in [1.82, 2.24) is 20.9 Å². The zero-order valence-electron chi connectivity index (χ0n) is 29.7. The molecule has 0 aliphatic carbocycles. The molecule has 5 rings (SSSR count). The summed E-state index contributed by atoms with van der Waals surface area (Å²) in [5.41, 5.74) is 14.0. The summed E-state index contributed by atoms with van der Waals surface area (Å²) in [6, 6.07) is 24.9. The van der Waals surface area contributed by atoms with Gasteiger partial charge in [-0.15, -0.1) is 0 Å². The van der Waals surface area contributed by atoms with E-state index in [1.165, 1.54) is 0 Å². The second kappa shape index (κ2) is 18.7. The standard InChI is InChI=1S/C40H49N7O6/c41-40(42)43-21-20-31(37(51)44-30(25-36(49)50)17-16-26-10-4-1-5-11-26)46-38(52)34-24-29(22-27-12-6-2-7-13-27)33-19-18-32(39(53)47(33)34)45-35(48)23-28-14-8-3-9-15-28/h1-15,29-34H,16-25H2,(H,44,51)(H,45,48)(H,46,52)(H,49,50)(H4,41,42,43)/t29-,30-,31+,32?,33+,34+/m1/s1. The van der Waals surface area contributed by atoms with Crippen molar-refractivity contribution >= 4 is 35.6 Å². The summed E-state index contributed by atoms with van der Waals surface area (Å²) in [5, 5.41) is 18.2. The van der Waals surface area contributed by atoms with Gasteiger partial charge in [-0.2, -0.15) is 0 Å². The normalized spacial score (nSPS) is 20.4. The van der Waals surface area contributed by atoms with Gasteiger partial charge in [0.2, 0.25) is 23.6 Å². The Kier molecular flexibility index (Phi) is 13.6. The first kappa shape index (κ1) is 38.5. The minimum Gasteiger partial charge on any atom is -0.481 e. The van der Waals surface area contributed by atoms with Gasteiger partial charge in [-0.1, -0.05) is 91.0 Å². The quantitative estimate of drug-likeness (QED) is 0.0895. The first-order valence-corrected chi connectivity index (χ1v) is 18.2. The van der Waals surface area contributed by atoms with Crippen LogP contribution < -0.4 is 27.4 Å². The van der Waals surface area contributed by atoms with Gasteiger partial charge in [0.1, 0.15) is 18.1 Å². The van der Waals surface area contributed by atoms with Crippen LogP contribution in [0.15, 0.2) is 96.0 Å². The largest absolute Gasteiger partial charge is 0.481 e. The van der Waals surface area contributed by atoms with Crippen molar-refractivity contribution in [2.75, 3.05) is 6.54 Å². The van der Waals surface area contributed by atoms with Gasteiger partial charge in [0.15, 0.2) is 5.96 Å². The lowest BCUT2D eigenvalue weighted by Crippen LogP contribution is -2.60. The molecule has 0 saturated carbocycles. The average molecular weight is 724 g/mol. The first-order valence-electron chi connectivity index (χ1n) is 18.2. The van der Waals surface area contributed by atoms with Gasteiger partial charge in [0.05, 0.1) is 12.8 Å². The molecule has 0 bridgehead atoms. The number of piperidine rings is 1. The van der Waals surface area contributed by atoms with Crippen LogP contribution in [0, 0.1) is 5.92 Å². The number of hydrogen-bond donors (Lipinski definition) is 6. The van der Waals surface area contributed by atoms with Gasteiger partial charge >= 0.3 is 5.97 Å². The molecule has 2 aliphatic heterocycles. The highest BCUT2D eigenvalue weighted by atomic mass is 16.4. The molecule has 0 radical (unpaired) electrons. The second-order valence-corrected chi connectivity index (χ2v) is 13.9. The summed E-state index contributed by atoms with van der Waals surface area (Å²) < 4.78 is 0. The van der Waals surface area contributed by atoms with Crippen molar-refractivity contribution in [2.24, 2.45) is 22.4 Å². The molecule has 0 aromatic heterocycles. The number of nitrogens with zero attached hydrogens (tertiary/aromatic N) is 2. The number of nitrogens with one attached hydrogen (secondary N) is 3. The fraction of sp³-hybridized carbons (Fsp3) is 0.400. The number of carboxylic acid groups (broad SMARTS) is 1. The lowest BCUT2D eigenvalue weighted by atomic mass is 9.86. The SMILES string of the molecule is NC(N)=NCC[C@H](NC(=O)[C@@H]1C[C@@H](Cc2ccccc2)[C@@H]2CCC(NC(=O)Cc3ccccc3)C(=O)N12)C(=O)N[C@H](CCc1ccccc1)CC(=O)O. The van der Waals surface area contributed by atoms with Gasteiger partial charge in [-0.3, -0.25) is 29.0 Å². The van der Waals surface area contributed by atoms with Crippen LogP contribution >= 0.6 is 0 Å². The summed E-state index contributed by atoms with van der Waals surface area (Å²) in [4.78, 5) is 72.6. The lowest BCUT2D eigenvalue weighted by Gasteiger charge is -2.39. The molecule has 0 spiro atoms. The predicted octanol–water partition coefficient (Wildman–Crippen LogP) is 2.08. The average Bonchev–Trinajstić information content (AvgIpc) is 3.51. The molecule has 2 saturated heterocycles. The number of fused-ring (bicyclic) bond motifs is 1. The highest BCUT2D eigenvalue weighted by Gasteiger charge is 2.51. The maximum atomic E-state index is 14.2. The Hall–Kier alpha value is -5.72. The van der Waals surface area contributed by atoms with Gasteiger partial charge in [-0.05, 0) is 67.6 Å². The van der Waals surface area contributed by atoms with E-state index in [4.69, 9.17) is 11.5 Å². The Labute approximate surface area is 309 Å². The summed E-state index contributed by atoms with van der Waals surface area (Å²) in [5.74, 6) is -2.99. The molecule has 4 amide bonds. The number of aliphatic carboxylic acids is 1. The lowest BCUT2D eigenvalue weighted by molar-refractivity contribution is -0.147. The van der Waals surface area contributed by atoms with E-state index in [2.05, 4.69) is 20.9 Å². The van der Waals surface area contributed by atoms with Crippen LogP contribution in [0.3, 0.4) is 0 Å². The van der Waals surface area contributed by atoms with Crippen LogP contribution in [0.1, 0.15) is 55.2 Å². The number of carbonyl (C=O) groups is 5. The monoisotopic (exact) mass is 723 g/mol. The molecule has 6 atom stereocenters. The molecule has 3 aromatic carbocycles. The van der Waals surface area contributed by atoms with Gasteiger partial charge in [0.25, 0.3) is 0 Å². The molecule has 53 heavy (non-hydrogen) atoms. The molecule has 8 N–H and O–H groups in total. The zero-order chi connectivity index (χ0) is 37.7. The van der Waals surface area contributed by atoms with E-state index in [9.17, 15) is 29.1 Å². The molecular formula is C40H49N7O6. The van der Waals surface area contributed by atoms with E-state index in [0.717, 1.165) is 16.7 Å². The van der Waals surface area contributed by atoms with Crippen LogP contribution in [0.2, 0.25) is 0 Å². The van der Waals surface area contributed by atoms with Crippen molar-refractivity contribution in [3.05, 3.63) is 108 Å². The van der Waals surface area contributed by atoms with Crippen molar-refractivity contribution in [3.8, 4) is 0 Å². The Morgan fingerprint density at radius 3 is 2.08 bits per heavy atom. The van der Waals surface area contributed by atoms with E-state index in [0.29, 0.717) is 38.5 Å². The Balaban J connectivity index is 1.33. The van der Waals surface area contributed by atoms with Crippen LogP contribution in [0.4, 0.5) is 0 Å². The molecule has 2 heterocycles. The van der Waals surface area contributed by atoms with Gasteiger partial charge in [0, 0.05) is 18.6 Å². The van der Waals surface area contributed by atoms with E-state index in [1.54, 1.807) is 4.90 Å². The molecule has 2 fully saturated rings. The Morgan fingerprint density at radius 2 is 1.45 bits per heavy atom. The Bertz CT molecular complexity index is 1740. The molecule has 2 aliphatic rings. The third-order valence-corrected chi connectivity index (χ3v) is 9.99. The smallest absolute Gasteiger partial charge is 0.305 e. The van der Waals surface area contributed by atoms with Crippen LogP contribution in [0.5, 0.6) is 0 Å². The fourth-order valence-electron chi connectivity index (χ4n) is 7.46. The summed E-state index contributed by atoms with van der Waals surface area (Å²) in [6.07, 6.45) is 2.79. The van der Waals surface area contributed by atoms with Crippen LogP contribution in [-0.2, 0) is 43.2 Å². The minimum absolute atomic E-state index is 0.0242. The van der Waals surface area contributed by atoms with E-state index in [-0.39, 0.29) is 55.5 Å². The number of aliphatic imine (C=N–C) groups is 1. The summed E-state index contributed by atoms with van der Waals surface area (Å²) in [7, 11) is 0. The van der Waals surface area contributed by atoms with Crippen molar-refractivity contribution in [2.45, 2.75) is 88.0 Å². The number of guanidine groups is 1. The maximum Gasteiger partial charge on any atom is 0.305 e. The number of amides is 4. The van der Waals surface area contributed by atoms with Gasteiger partial charge < -0.3 is 37.4 Å². The molecule has 13 nitrogen and oxygen atoms in total. The number of carboxylic acids is 1. The topological polar surface area (TPSA) is 209 Å². The summed E-state index contributed by atoms with van der Waals surface area (Å²) in [6.45, 7) is 0.0242. The number of carbonyl (C=O) groups excluding carboxylic acids is 4. The van der Waals surface area contributed by atoms with E-state index < -0.39 is 42.0 Å². The maximum absolute atomic E-state index is 14.2. The fourth-order valence-corrected chi connectivity index (χ4v) is 7.46. The molecule has 1 unspecified atom stereocenters. The number of rotatable bonds is 17. The van der Waals surface area contributed by atoms with Crippen LogP contribution in [0.25, 0.3) is 0 Å². The highest BCUT2D eigenvalue weighted by Crippen LogP contribution is 2.39. The van der Waals surface area contributed by atoms with E-state index >= 15 is 0 Å². The van der Waals surface area contributed by atoms with Gasteiger partial charge in [-0.25, -0.2) is 0 Å². The third kappa shape index (κ3) is 11.1. The van der Waals surface area contributed by atoms with E-state index in [1.807, 2.05) is 91.0 Å². The van der Waals surface area contributed by atoms with Crippen molar-refractivity contribution < 1.29 is 29.1 Å². The molecule has 280 valence electrons. The number of aryl methyl sites for hydroxylation is 1. The zero-order valence-corrected chi connectivity index (χ0v) is 29.7. The Morgan fingerprint density at radius 1 is 0.830 bits per heavy atom. The number of benzene rings is 3. The van der Waals surface area contributed by atoms with Crippen LogP contribution in [-0.4, -0.2) is 82.3 Å². The summed E-state index contributed by atoms with van der Waals surface area (Å²) >= 11 is 0. The molecule has 3 aromatic rings. The second-order valence-electron chi connectivity index (χ2n) is 13.9. The number of nitrogens with two attached hydrogens (primary N) is 2.